The summed E-state index contributed by atoms with van der Waals surface area (Å²) in [5.74, 6) is 0.300. The van der Waals surface area contributed by atoms with E-state index in [0.717, 1.165) is 24.8 Å². The maximum absolute atomic E-state index is 12.8. The van der Waals surface area contributed by atoms with Crippen LogP contribution < -0.4 is 0 Å². The first-order chi connectivity index (χ1) is 10.3. The largest absolute Gasteiger partial charge is 0.417 e. The highest BCUT2D eigenvalue weighted by Gasteiger charge is 2.55. The van der Waals surface area contributed by atoms with E-state index in [9.17, 15) is 23.1 Å². The quantitative estimate of drug-likeness (QED) is 0.861. The fourth-order valence-electron chi connectivity index (χ4n) is 3.07. The van der Waals surface area contributed by atoms with E-state index >= 15 is 0 Å². The predicted molar refractivity (Wildman–Crippen MR) is 69.3 cm³/mol. The molecule has 122 valence electrons. The number of hydrogen-bond acceptors (Lipinski definition) is 4. The van der Waals surface area contributed by atoms with Crippen molar-refractivity contribution in [1.82, 2.24) is 10.1 Å². The third-order valence-corrected chi connectivity index (χ3v) is 4.56. The number of halogens is 3. The van der Waals surface area contributed by atoms with E-state index in [0.29, 0.717) is 12.2 Å². The summed E-state index contributed by atoms with van der Waals surface area (Å²) < 4.78 is 43.5. The number of likely N-dealkylation sites (tertiary alicyclic amines) is 1. The first-order valence-corrected chi connectivity index (χ1v) is 7.38. The molecular formula is C14H17F3N2O3. The lowest BCUT2D eigenvalue weighted by atomic mass is 9.90. The van der Waals surface area contributed by atoms with E-state index in [-0.39, 0.29) is 18.8 Å². The number of aliphatic hydroxyl groups is 1. The van der Waals surface area contributed by atoms with Crippen molar-refractivity contribution >= 4 is 5.91 Å². The van der Waals surface area contributed by atoms with Crippen molar-refractivity contribution in [3.05, 3.63) is 17.0 Å². The lowest BCUT2D eigenvalue weighted by Crippen LogP contribution is -2.54. The Labute approximate surface area is 125 Å². The minimum Gasteiger partial charge on any atom is -0.380 e. The molecule has 22 heavy (non-hydrogen) atoms. The number of amides is 1. The van der Waals surface area contributed by atoms with E-state index in [4.69, 9.17) is 4.52 Å². The highest BCUT2D eigenvalue weighted by atomic mass is 19.4. The number of rotatable bonds is 1. The molecule has 5 nitrogen and oxygen atoms in total. The van der Waals surface area contributed by atoms with Crippen LogP contribution in [0.3, 0.4) is 0 Å². The van der Waals surface area contributed by atoms with Crippen LogP contribution >= 0.6 is 0 Å². The first kappa shape index (κ1) is 15.3. The normalized spacial score (nSPS) is 21.5. The summed E-state index contributed by atoms with van der Waals surface area (Å²) in [4.78, 5) is 13.7. The maximum atomic E-state index is 12.8. The second kappa shape index (κ2) is 5.26. The molecule has 0 atom stereocenters. The van der Waals surface area contributed by atoms with Crippen molar-refractivity contribution in [1.29, 1.82) is 0 Å². The van der Waals surface area contributed by atoms with E-state index < -0.39 is 30.5 Å². The molecule has 0 spiro atoms. The van der Waals surface area contributed by atoms with Gasteiger partial charge in [0.25, 0.3) is 5.91 Å². The molecule has 1 N–H and O–H groups in total. The van der Waals surface area contributed by atoms with Crippen LogP contribution in [-0.2, 0) is 12.8 Å². The van der Waals surface area contributed by atoms with Gasteiger partial charge < -0.3 is 14.5 Å². The Bertz CT molecular complexity index is 574. The molecule has 1 aliphatic carbocycles. The van der Waals surface area contributed by atoms with Gasteiger partial charge >= 0.3 is 6.18 Å². The van der Waals surface area contributed by atoms with E-state index in [1.54, 1.807) is 0 Å². The van der Waals surface area contributed by atoms with Crippen LogP contribution in [0.1, 0.15) is 47.5 Å². The van der Waals surface area contributed by atoms with Crippen LogP contribution in [0.25, 0.3) is 0 Å². The first-order valence-electron chi connectivity index (χ1n) is 7.38. The SMILES string of the molecule is O=C(c1noc2c1CCCC2)N1CCC(O)(C(F)(F)F)CC1. The zero-order valence-corrected chi connectivity index (χ0v) is 11.9. The number of aryl methyl sites for hydroxylation is 1. The monoisotopic (exact) mass is 318 g/mol. The minimum atomic E-state index is -4.67. The molecule has 0 saturated carbocycles. The topological polar surface area (TPSA) is 66.6 Å². The zero-order valence-electron chi connectivity index (χ0n) is 11.9. The zero-order chi connectivity index (χ0) is 16.0. The van der Waals surface area contributed by atoms with Crippen molar-refractivity contribution in [2.45, 2.75) is 50.3 Å². The summed E-state index contributed by atoms with van der Waals surface area (Å²) in [6, 6.07) is 0. The summed E-state index contributed by atoms with van der Waals surface area (Å²) in [7, 11) is 0. The Hall–Kier alpha value is -1.57. The van der Waals surface area contributed by atoms with Crippen molar-refractivity contribution in [2.75, 3.05) is 13.1 Å². The van der Waals surface area contributed by atoms with Crippen LogP contribution in [0.4, 0.5) is 13.2 Å². The molecule has 1 saturated heterocycles. The van der Waals surface area contributed by atoms with Gasteiger partial charge in [-0.15, -0.1) is 0 Å². The number of nitrogens with zero attached hydrogens (tertiary/aromatic N) is 2. The maximum Gasteiger partial charge on any atom is 0.417 e. The number of aromatic nitrogens is 1. The van der Waals surface area contributed by atoms with Gasteiger partial charge in [0, 0.05) is 37.9 Å². The molecule has 1 fully saturated rings. The molecule has 2 heterocycles. The van der Waals surface area contributed by atoms with Gasteiger partial charge in [0.1, 0.15) is 5.76 Å². The van der Waals surface area contributed by atoms with Gasteiger partial charge in [-0.25, -0.2) is 0 Å². The van der Waals surface area contributed by atoms with E-state index in [1.807, 2.05) is 0 Å². The average Bonchev–Trinajstić information content (AvgIpc) is 2.90. The molecule has 0 bridgehead atoms. The third kappa shape index (κ3) is 2.49. The molecule has 0 unspecified atom stereocenters. The Morgan fingerprint density at radius 2 is 1.86 bits per heavy atom. The molecule has 2 aliphatic rings. The summed E-state index contributed by atoms with van der Waals surface area (Å²) in [6.45, 7) is -0.285. The molecule has 1 aromatic rings. The van der Waals surface area contributed by atoms with Gasteiger partial charge in [-0.2, -0.15) is 13.2 Å². The number of piperidine rings is 1. The Morgan fingerprint density at radius 3 is 2.50 bits per heavy atom. The van der Waals surface area contributed by atoms with Crippen LogP contribution in [0, 0.1) is 0 Å². The van der Waals surface area contributed by atoms with Crippen LogP contribution in [0.15, 0.2) is 4.52 Å². The van der Waals surface area contributed by atoms with Gasteiger partial charge in [-0.1, -0.05) is 5.16 Å². The van der Waals surface area contributed by atoms with Crippen molar-refractivity contribution in [3.63, 3.8) is 0 Å². The van der Waals surface area contributed by atoms with E-state index in [2.05, 4.69) is 5.16 Å². The highest BCUT2D eigenvalue weighted by Crippen LogP contribution is 2.38. The number of hydrogen-bond donors (Lipinski definition) is 1. The number of alkyl halides is 3. The van der Waals surface area contributed by atoms with Gasteiger partial charge in [0.05, 0.1) is 0 Å². The molecule has 1 aromatic heterocycles. The summed E-state index contributed by atoms with van der Waals surface area (Å²) in [6.07, 6.45) is -2.32. The fourth-order valence-corrected chi connectivity index (χ4v) is 3.07. The lowest BCUT2D eigenvalue weighted by molar-refractivity contribution is -0.271. The predicted octanol–water partition coefficient (Wildman–Crippen LogP) is 2.08. The van der Waals surface area contributed by atoms with Crippen molar-refractivity contribution in [2.24, 2.45) is 0 Å². The van der Waals surface area contributed by atoms with E-state index in [1.165, 1.54) is 4.90 Å². The number of fused-ring (bicyclic) bond motifs is 1. The Morgan fingerprint density at radius 1 is 1.23 bits per heavy atom. The molecule has 0 aromatic carbocycles. The summed E-state index contributed by atoms with van der Waals surface area (Å²) in [5.41, 5.74) is -1.70. The molecule has 0 radical (unpaired) electrons. The summed E-state index contributed by atoms with van der Waals surface area (Å²) >= 11 is 0. The lowest BCUT2D eigenvalue weighted by Gasteiger charge is -2.38. The second-order valence-electron chi connectivity index (χ2n) is 5.96. The van der Waals surface area contributed by atoms with Crippen LogP contribution in [-0.4, -0.2) is 45.9 Å². The van der Waals surface area contributed by atoms with Gasteiger partial charge in [-0.05, 0) is 19.3 Å². The number of carbonyl (C=O) groups excluding carboxylic acids is 1. The fraction of sp³-hybridized carbons (Fsp3) is 0.714. The van der Waals surface area contributed by atoms with Gasteiger partial charge in [0.15, 0.2) is 11.3 Å². The molecule has 3 rings (SSSR count). The van der Waals surface area contributed by atoms with Crippen LogP contribution in [0.5, 0.6) is 0 Å². The standard InChI is InChI=1S/C14H17F3N2O3/c15-14(16,17)13(21)5-7-19(8-6-13)12(20)11-9-3-1-2-4-10(9)22-18-11/h21H,1-8H2. The average molecular weight is 318 g/mol. The number of carbonyl (C=O) groups is 1. The summed E-state index contributed by atoms with van der Waals surface area (Å²) in [5, 5.41) is 13.4. The minimum absolute atomic E-state index is 0.142. The van der Waals surface area contributed by atoms with Crippen molar-refractivity contribution in [3.8, 4) is 0 Å². The molecule has 1 aliphatic heterocycles. The molecular weight excluding hydrogens is 301 g/mol. The Balaban J connectivity index is 1.72. The third-order valence-electron chi connectivity index (χ3n) is 4.56. The van der Waals surface area contributed by atoms with Gasteiger partial charge in [0.2, 0.25) is 0 Å². The van der Waals surface area contributed by atoms with Gasteiger partial charge in [-0.3, -0.25) is 4.79 Å². The highest BCUT2D eigenvalue weighted by molar-refractivity contribution is 5.94. The van der Waals surface area contributed by atoms with Crippen LogP contribution in [0.2, 0.25) is 0 Å². The second-order valence-corrected chi connectivity index (χ2v) is 5.96. The van der Waals surface area contributed by atoms with Crippen molar-refractivity contribution < 1.29 is 27.6 Å². The molecule has 8 heteroatoms. The molecule has 1 amide bonds. The smallest absolute Gasteiger partial charge is 0.380 e. The Kier molecular flexibility index (Phi) is 3.66.